The average Bonchev–Trinajstić information content (AvgIpc) is 2.88. The first kappa shape index (κ1) is 14.5. The van der Waals surface area contributed by atoms with Crippen molar-refractivity contribution in [1.29, 1.82) is 0 Å². The molecule has 5 nitrogen and oxygen atoms in total. The highest BCUT2D eigenvalue weighted by atomic mass is 35.5. The van der Waals surface area contributed by atoms with Gasteiger partial charge in [-0.2, -0.15) is 5.10 Å². The number of nitrogens with one attached hydrogen (secondary N) is 2. The molecule has 106 valence electrons. The fraction of sp³-hybridized carbons (Fsp3) is 0.231. The average molecular weight is 298 g/mol. The molecule has 1 aromatic carbocycles. The van der Waals surface area contributed by atoms with Crippen LogP contribution in [0.5, 0.6) is 0 Å². The van der Waals surface area contributed by atoms with Crippen LogP contribution in [0.3, 0.4) is 0 Å². The Balaban J connectivity index is 2.28. The second-order valence-corrected chi connectivity index (χ2v) is 4.75. The minimum absolute atomic E-state index is 0.0348. The summed E-state index contributed by atoms with van der Waals surface area (Å²) in [6, 6.07) is 4.13. The molecule has 0 fully saturated rings. The van der Waals surface area contributed by atoms with E-state index in [1.165, 1.54) is 24.4 Å². The Bertz CT molecular complexity index is 628. The number of halogens is 2. The van der Waals surface area contributed by atoms with Crippen LogP contribution in [-0.4, -0.2) is 33.9 Å². The minimum atomic E-state index is -0.644. The maximum Gasteiger partial charge on any atom is 0.255 e. The van der Waals surface area contributed by atoms with Crippen LogP contribution in [-0.2, 0) is 0 Å². The van der Waals surface area contributed by atoms with E-state index in [4.69, 9.17) is 16.7 Å². The molecule has 0 saturated carbocycles. The number of carbonyl (C=O) groups is 1. The summed E-state index contributed by atoms with van der Waals surface area (Å²) in [4.78, 5) is 12.0. The lowest BCUT2D eigenvalue weighted by Gasteiger charge is -2.07. The van der Waals surface area contributed by atoms with Crippen molar-refractivity contribution < 1.29 is 14.3 Å². The molecule has 1 atom stereocenters. The number of aromatic amines is 1. The number of carbonyl (C=O) groups excluding carboxylic acids is 1. The smallest absolute Gasteiger partial charge is 0.255 e. The van der Waals surface area contributed by atoms with Crippen LogP contribution in [0.4, 0.5) is 4.39 Å². The molecule has 2 aromatic rings. The van der Waals surface area contributed by atoms with Gasteiger partial charge < -0.3 is 10.4 Å². The molecule has 0 aliphatic rings. The maximum atomic E-state index is 13.1. The Hall–Kier alpha value is -1.92. The zero-order valence-corrected chi connectivity index (χ0v) is 11.4. The van der Waals surface area contributed by atoms with E-state index in [9.17, 15) is 9.18 Å². The van der Waals surface area contributed by atoms with Crippen molar-refractivity contribution >= 4 is 17.5 Å². The molecule has 7 heteroatoms. The number of amides is 1. The van der Waals surface area contributed by atoms with Crippen LogP contribution in [0.25, 0.3) is 11.3 Å². The number of benzene rings is 1. The van der Waals surface area contributed by atoms with Crippen molar-refractivity contribution in [2.24, 2.45) is 0 Å². The van der Waals surface area contributed by atoms with Crippen LogP contribution in [0, 0.1) is 5.82 Å². The van der Waals surface area contributed by atoms with Gasteiger partial charge in [0.1, 0.15) is 5.82 Å². The fourth-order valence-electron chi connectivity index (χ4n) is 1.67. The number of hydrogen-bond donors (Lipinski definition) is 3. The predicted molar refractivity (Wildman–Crippen MR) is 73.0 cm³/mol. The molecule has 0 aliphatic heterocycles. The quantitative estimate of drug-likeness (QED) is 0.807. The molecule has 0 spiro atoms. The number of hydrogen-bond acceptors (Lipinski definition) is 3. The van der Waals surface area contributed by atoms with E-state index in [0.29, 0.717) is 16.8 Å². The summed E-state index contributed by atoms with van der Waals surface area (Å²) in [5.41, 5.74) is 1.29. The zero-order valence-electron chi connectivity index (χ0n) is 10.7. The van der Waals surface area contributed by atoms with Gasteiger partial charge in [0.05, 0.1) is 28.6 Å². The van der Waals surface area contributed by atoms with Gasteiger partial charge in [-0.05, 0) is 25.1 Å². The molecular formula is C13H13ClFN3O2. The third-order valence-corrected chi connectivity index (χ3v) is 2.94. The van der Waals surface area contributed by atoms with E-state index in [-0.39, 0.29) is 17.5 Å². The van der Waals surface area contributed by atoms with Crippen LogP contribution >= 0.6 is 11.6 Å². The molecule has 0 aliphatic carbocycles. The van der Waals surface area contributed by atoms with Crippen molar-refractivity contribution in [3.05, 3.63) is 40.8 Å². The Morgan fingerprint density at radius 1 is 1.60 bits per heavy atom. The lowest BCUT2D eigenvalue weighted by Crippen LogP contribution is -2.30. The Morgan fingerprint density at radius 3 is 3.00 bits per heavy atom. The van der Waals surface area contributed by atoms with Gasteiger partial charge in [0.25, 0.3) is 5.91 Å². The lowest BCUT2D eigenvalue weighted by molar-refractivity contribution is 0.0924. The van der Waals surface area contributed by atoms with Gasteiger partial charge in [-0.3, -0.25) is 9.89 Å². The van der Waals surface area contributed by atoms with Crippen LogP contribution < -0.4 is 5.32 Å². The summed E-state index contributed by atoms with van der Waals surface area (Å²) >= 11 is 5.72. The summed E-state index contributed by atoms with van der Waals surface area (Å²) in [6.45, 7) is 1.70. The number of rotatable bonds is 4. The van der Waals surface area contributed by atoms with Gasteiger partial charge in [-0.25, -0.2) is 4.39 Å². The molecule has 1 amide bonds. The van der Waals surface area contributed by atoms with Gasteiger partial charge in [-0.1, -0.05) is 11.6 Å². The molecule has 1 heterocycles. The number of H-pyrrole nitrogens is 1. The molecule has 1 aromatic heterocycles. The van der Waals surface area contributed by atoms with E-state index in [1.54, 1.807) is 6.92 Å². The Morgan fingerprint density at radius 2 is 2.35 bits per heavy atom. The topological polar surface area (TPSA) is 78.0 Å². The standard InChI is InChI=1S/C13H13ClFN3O2/c1-7(19)5-16-13(20)9-6-17-18-12(9)8-2-3-11(15)10(14)4-8/h2-4,6-7,19H,5H2,1H3,(H,16,20)(H,17,18). The van der Waals surface area contributed by atoms with Crippen molar-refractivity contribution in [2.75, 3.05) is 6.54 Å². The largest absolute Gasteiger partial charge is 0.392 e. The number of aliphatic hydroxyl groups is 1. The third kappa shape index (κ3) is 3.15. The molecule has 0 radical (unpaired) electrons. The minimum Gasteiger partial charge on any atom is -0.392 e. The summed E-state index contributed by atoms with van der Waals surface area (Å²) in [5.74, 6) is -0.912. The Kier molecular flexibility index (Phi) is 4.36. The Labute approximate surface area is 119 Å². The first-order valence-corrected chi connectivity index (χ1v) is 6.32. The molecule has 0 saturated heterocycles. The van der Waals surface area contributed by atoms with E-state index in [1.807, 2.05) is 0 Å². The predicted octanol–water partition coefficient (Wildman–Crippen LogP) is 1.98. The van der Waals surface area contributed by atoms with Crippen molar-refractivity contribution in [3.63, 3.8) is 0 Å². The molecule has 20 heavy (non-hydrogen) atoms. The zero-order chi connectivity index (χ0) is 14.7. The van der Waals surface area contributed by atoms with E-state index < -0.39 is 11.9 Å². The van der Waals surface area contributed by atoms with Crippen LogP contribution in [0.15, 0.2) is 24.4 Å². The summed E-state index contributed by atoms with van der Waals surface area (Å²) in [6.07, 6.45) is 0.721. The number of aliphatic hydroxyl groups excluding tert-OH is 1. The van der Waals surface area contributed by atoms with Gasteiger partial charge in [0.15, 0.2) is 0 Å². The molecule has 3 N–H and O–H groups in total. The summed E-state index contributed by atoms with van der Waals surface area (Å²) in [7, 11) is 0. The van der Waals surface area contributed by atoms with Gasteiger partial charge in [0, 0.05) is 12.1 Å². The first-order valence-electron chi connectivity index (χ1n) is 5.94. The third-order valence-electron chi connectivity index (χ3n) is 2.65. The van der Waals surface area contributed by atoms with Crippen LogP contribution in [0.2, 0.25) is 5.02 Å². The van der Waals surface area contributed by atoms with Crippen LogP contribution in [0.1, 0.15) is 17.3 Å². The van der Waals surface area contributed by atoms with Crippen molar-refractivity contribution in [3.8, 4) is 11.3 Å². The second-order valence-electron chi connectivity index (χ2n) is 4.35. The number of aromatic nitrogens is 2. The highest BCUT2D eigenvalue weighted by Gasteiger charge is 2.16. The summed E-state index contributed by atoms with van der Waals surface area (Å²) < 4.78 is 13.1. The lowest BCUT2D eigenvalue weighted by atomic mass is 10.1. The molecule has 0 bridgehead atoms. The highest BCUT2D eigenvalue weighted by Crippen LogP contribution is 2.25. The first-order chi connectivity index (χ1) is 9.49. The monoisotopic (exact) mass is 297 g/mol. The molecule has 2 rings (SSSR count). The van der Waals surface area contributed by atoms with E-state index in [0.717, 1.165) is 0 Å². The summed E-state index contributed by atoms with van der Waals surface area (Å²) in [5, 5.41) is 18.2. The van der Waals surface area contributed by atoms with Gasteiger partial charge in [-0.15, -0.1) is 0 Å². The normalized spacial score (nSPS) is 12.2. The maximum absolute atomic E-state index is 13.1. The second kappa shape index (κ2) is 6.02. The molecule has 1 unspecified atom stereocenters. The van der Waals surface area contributed by atoms with E-state index >= 15 is 0 Å². The van der Waals surface area contributed by atoms with Crippen molar-refractivity contribution in [2.45, 2.75) is 13.0 Å². The SMILES string of the molecule is CC(O)CNC(=O)c1cn[nH]c1-c1ccc(F)c(Cl)c1. The van der Waals surface area contributed by atoms with Crippen molar-refractivity contribution in [1.82, 2.24) is 15.5 Å². The number of nitrogens with zero attached hydrogens (tertiary/aromatic N) is 1. The van der Waals surface area contributed by atoms with E-state index in [2.05, 4.69) is 15.5 Å². The van der Waals surface area contributed by atoms with Gasteiger partial charge in [0.2, 0.25) is 0 Å². The highest BCUT2D eigenvalue weighted by molar-refractivity contribution is 6.31. The van der Waals surface area contributed by atoms with Gasteiger partial charge >= 0.3 is 0 Å². The molecular weight excluding hydrogens is 285 g/mol. The fourth-order valence-corrected chi connectivity index (χ4v) is 1.85.